The van der Waals surface area contributed by atoms with E-state index in [2.05, 4.69) is 36.5 Å². The van der Waals surface area contributed by atoms with Crippen molar-refractivity contribution in [2.24, 2.45) is 0 Å². The van der Waals surface area contributed by atoms with Crippen molar-refractivity contribution in [1.82, 2.24) is 5.32 Å². The van der Waals surface area contributed by atoms with Crippen molar-refractivity contribution in [3.8, 4) is 0 Å². The normalized spacial score (nSPS) is 17.4. The Morgan fingerprint density at radius 3 is 2.18 bits per heavy atom. The van der Waals surface area contributed by atoms with Gasteiger partial charge in [0.25, 0.3) is 0 Å². The van der Waals surface area contributed by atoms with E-state index in [1.807, 2.05) is 0 Å². The molecule has 1 nitrogen and oxygen atoms in total. The fraction of sp³-hybridized carbons (Fsp3) is 0.700. The molecule has 1 fully saturated rings. The molecular formula is C20H34ClN. The van der Waals surface area contributed by atoms with Gasteiger partial charge in [-0.2, -0.15) is 0 Å². The summed E-state index contributed by atoms with van der Waals surface area (Å²) in [6, 6.07) is 10.2. The SMILES string of the molecule is CCCCCCCCc1ccc(CC[C@@H]2CCCN2)cc1.Cl. The van der Waals surface area contributed by atoms with Crippen LogP contribution in [0.5, 0.6) is 0 Å². The molecular weight excluding hydrogens is 290 g/mol. The van der Waals surface area contributed by atoms with Gasteiger partial charge >= 0.3 is 0 Å². The van der Waals surface area contributed by atoms with E-state index in [1.54, 1.807) is 0 Å². The van der Waals surface area contributed by atoms with E-state index in [4.69, 9.17) is 0 Å². The Morgan fingerprint density at radius 2 is 1.55 bits per heavy atom. The minimum atomic E-state index is 0. The first kappa shape index (κ1) is 19.5. The average molecular weight is 324 g/mol. The van der Waals surface area contributed by atoms with Crippen LogP contribution in [0.4, 0.5) is 0 Å². The molecule has 1 aromatic rings. The van der Waals surface area contributed by atoms with Crippen LogP contribution in [0, 0.1) is 0 Å². The van der Waals surface area contributed by atoms with Gasteiger partial charge in [-0.15, -0.1) is 12.4 Å². The fourth-order valence-electron chi connectivity index (χ4n) is 3.33. The van der Waals surface area contributed by atoms with Crippen LogP contribution in [-0.4, -0.2) is 12.6 Å². The van der Waals surface area contributed by atoms with Gasteiger partial charge in [0.1, 0.15) is 0 Å². The third-order valence-corrected chi connectivity index (χ3v) is 4.79. The molecule has 0 aromatic heterocycles. The van der Waals surface area contributed by atoms with E-state index in [0.717, 1.165) is 6.04 Å². The largest absolute Gasteiger partial charge is 0.314 e. The van der Waals surface area contributed by atoms with Gasteiger partial charge in [0.15, 0.2) is 0 Å². The maximum atomic E-state index is 3.59. The Labute approximate surface area is 143 Å². The van der Waals surface area contributed by atoms with Crippen LogP contribution in [0.3, 0.4) is 0 Å². The van der Waals surface area contributed by atoms with Gasteiger partial charge in [-0.3, -0.25) is 0 Å². The van der Waals surface area contributed by atoms with E-state index < -0.39 is 0 Å². The lowest BCUT2D eigenvalue weighted by Crippen LogP contribution is -2.21. The maximum absolute atomic E-state index is 3.59. The van der Waals surface area contributed by atoms with Crippen molar-refractivity contribution in [2.45, 2.75) is 83.6 Å². The first-order valence-electron chi connectivity index (χ1n) is 9.19. The molecule has 1 atom stereocenters. The molecule has 1 aliphatic rings. The summed E-state index contributed by atoms with van der Waals surface area (Å²) in [7, 11) is 0. The molecule has 0 spiro atoms. The average Bonchev–Trinajstić information content (AvgIpc) is 3.03. The first-order valence-corrected chi connectivity index (χ1v) is 9.19. The summed E-state index contributed by atoms with van der Waals surface area (Å²) in [4.78, 5) is 0. The molecule has 0 unspecified atom stereocenters. The molecule has 126 valence electrons. The van der Waals surface area contributed by atoms with Crippen LogP contribution in [0.15, 0.2) is 24.3 Å². The molecule has 0 radical (unpaired) electrons. The summed E-state index contributed by atoms with van der Waals surface area (Å²) in [6.07, 6.45) is 14.9. The van der Waals surface area contributed by atoms with E-state index in [1.165, 1.54) is 88.3 Å². The molecule has 2 rings (SSSR count). The summed E-state index contributed by atoms with van der Waals surface area (Å²) in [5.41, 5.74) is 3.03. The Hall–Kier alpha value is -0.530. The van der Waals surface area contributed by atoms with Crippen molar-refractivity contribution >= 4 is 12.4 Å². The monoisotopic (exact) mass is 323 g/mol. The Bertz CT molecular complexity index is 368. The highest BCUT2D eigenvalue weighted by Crippen LogP contribution is 2.15. The van der Waals surface area contributed by atoms with Gasteiger partial charge in [-0.1, -0.05) is 63.3 Å². The van der Waals surface area contributed by atoms with Crippen molar-refractivity contribution in [1.29, 1.82) is 0 Å². The molecule has 1 aromatic carbocycles. The second kappa shape index (κ2) is 12.0. The summed E-state index contributed by atoms with van der Waals surface area (Å²) < 4.78 is 0. The molecule has 1 heterocycles. The zero-order valence-electron chi connectivity index (χ0n) is 14.3. The number of nitrogens with one attached hydrogen (secondary N) is 1. The minimum Gasteiger partial charge on any atom is -0.314 e. The topological polar surface area (TPSA) is 12.0 Å². The maximum Gasteiger partial charge on any atom is 0.00707 e. The summed E-state index contributed by atoms with van der Waals surface area (Å²) in [5.74, 6) is 0. The van der Waals surface area contributed by atoms with Crippen molar-refractivity contribution in [3.63, 3.8) is 0 Å². The second-order valence-electron chi connectivity index (χ2n) is 6.67. The Kier molecular flexibility index (Phi) is 10.6. The summed E-state index contributed by atoms with van der Waals surface area (Å²) in [5, 5.41) is 3.59. The quantitative estimate of drug-likeness (QED) is 0.545. The molecule has 1 aliphatic heterocycles. The van der Waals surface area contributed by atoms with Gasteiger partial charge in [-0.05, 0) is 56.2 Å². The molecule has 2 heteroatoms. The molecule has 0 saturated carbocycles. The Morgan fingerprint density at radius 1 is 0.909 bits per heavy atom. The molecule has 0 amide bonds. The number of benzene rings is 1. The van der Waals surface area contributed by atoms with Gasteiger partial charge < -0.3 is 5.32 Å². The highest BCUT2D eigenvalue weighted by Gasteiger charge is 2.13. The third kappa shape index (κ3) is 7.65. The van der Waals surface area contributed by atoms with E-state index in [9.17, 15) is 0 Å². The van der Waals surface area contributed by atoms with E-state index >= 15 is 0 Å². The lowest BCUT2D eigenvalue weighted by atomic mass is 10.0. The highest BCUT2D eigenvalue weighted by atomic mass is 35.5. The van der Waals surface area contributed by atoms with Gasteiger partial charge in [0.2, 0.25) is 0 Å². The number of halogens is 1. The smallest absolute Gasteiger partial charge is 0.00707 e. The number of unbranched alkanes of at least 4 members (excludes halogenated alkanes) is 5. The number of hydrogen-bond acceptors (Lipinski definition) is 1. The molecule has 22 heavy (non-hydrogen) atoms. The molecule has 1 saturated heterocycles. The second-order valence-corrected chi connectivity index (χ2v) is 6.67. The standard InChI is InChI=1S/C20H33N.ClH/c1-2-3-4-5-6-7-9-18-11-13-19(14-12-18)15-16-20-10-8-17-21-20;/h11-14,20-21H,2-10,15-17H2,1H3;1H/t20-;/m0./s1. The number of rotatable bonds is 10. The predicted octanol–water partition coefficient (Wildman–Crippen LogP) is 5.70. The number of aryl methyl sites for hydroxylation is 2. The molecule has 0 aliphatic carbocycles. The fourth-order valence-corrected chi connectivity index (χ4v) is 3.33. The highest BCUT2D eigenvalue weighted by molar-refractivity contribution is 5.85. The van der Waals surface area contributed by atoms with Crippen molar-refractivity contribution < 1.29 is 0 Å². The minimum absolute atomic E-state index is 0. The van der Waals surface area contributed by atoms with Crippen LogP contribution < -0.4 is 5.32 Å². The van der Waals surface area contributed by atoms with Gasteiger partial charge in [0, 0.05) is 6.04 Å². The van der Waals surface area contributed by atoms with Crippen LogP contribution in [0.2, 0.25) is 0 Å². The van der Waals surface area contributed by atoms with E-state index in [-0.39, 0.29) is 12.4 Å². The van der Waals surface area contributed by atoms with Crippen molar-refractivity contribution in [3.05, 3.63) is 35.4 Å². The zero-order chi connectivity index (χ0) is 14.8. The van der Waals surface area contributed by atoms with Crippen LogP contribution >= 0.6 is 12.4 Å². The van der Waals surface area contributed by atoms with Gasteiger partial charge in [0.05, 0.1) is 0 Å². The zero-order valence-corrected chi connectivity index (χ0v) is 15.1. The van der Waals surface area contributed by atoms with Crippen molar-refractivity contribution in [2.75, 3.05) is 6.54 Å². The lowest BCUT2D eigenvalue weighted by Gasteiger charge is -2.10. The van der Waals surface area contributed by atoms with Crippen LogP contribution in [-0.2, 0) is 12.8 Å². The van der Waals surface area contributed by atoms with Gasteiger partial charge in [-0.25, -0.2) is 0 Å². The number of hydrogen-bond donors (Lipinski definition) is 1. The summed E-state index contributed by atoms with van der Waals surface area (Å²) in [6.45, 7) is 3.51. The van der Waals surface area contributed by atoms with Crippen LogP contribution in [0.1, 0.15) is 75.8 Å². The molecule has 1 N–H and O–H groups in total. The van der Waals surface area contributed by atoms with E-state index in [0.29, 0.717) is 0 Å². The predicted molar refractivity (Wildman–Crippen MR) is 100 cm³/mol. The van der Waals surface area contributed by atoms with Crippen LogP contribution in [0.25, 0.3) is 0 Å². The lowest BCUT2D eigenvalue weighted by molar-refractivity contribution is 0.559. The third-order valence-electron chi connectivity index (χ3n) is 4.79. The molecule has 0 bridgehead atoms. The Balaban J connectivity index is 0.00000242. The first-order chi connectivity index (χ1) is 10.4. The summed E-state index contributed by atoms with van der Waals surface area (Å²) >= 11 is 0.